The van der Waals surface area contributed by atoms with Crippen LogP contribution in [0.5, 0.6) is 0 Å². The van der Waals surface area contributed by atoms with Crippen LogP contribution in [0.25, 0.3) is 0 Å². The summed E-state index contributed by atoms with van der Waals surface area (Å²) in [6, 6.07) is 8.60. The van der Waals surface area contributed by atoms with Crippen LogP contribution in [-0.2, 0) is 23.9 Å². The minimum absolute atomic E-state index is 0.487. The Labute approximate surface area is 130 Å². The van der Waals surface area contributed by atoms with Gasteiger partial charge in [-0.25, -0.2) is 0 Å². The average molecular weight is 324 g/mol. The maximum absolute atomic E-state index is 12.7. The van der Waals surface area contributed by atoms with Gasteiger partial charge < -0.3 is 9.88 Å². The zero-order chi connectivity index (χ0) is 17.0. The highest BCUT2D eigenvalue weighted by Gasteiger charge is 2.31. The third kappa shape index (κ3) is 4.45. The number of hydrogen-bond acceptors (Lipinski definition) is 2. The Bertz CT molecular complexity index is 766. The molecule has 1 aromatic carbocycles. The van der Waals surface area contributed by atoms with Crippen molar-refractivity contribution in [3.63, 3.8) is 0 Å². The molecule has 1 amide bonds. The molecule has 1 N–H and O–H groups in total. The standard InChI is InChI=1S/C16H15F3N2O2/c1-2-11-4-3-5-13(8-11)20-14(22)10-21-9-12(16(17,18)19)6-7-15(21)23/h3-9H,2,10H2,1H3,(H,20,22). The number of hydrogen-bond donors (Lipinski definition) is 1. The van der Waals surface area contributed by atoms with E-state index >= 15 is 0 Å². The van der Waals surface area contributed by atoms with E-state index in [4.69, 9.17) is 0 Å². The van der Waals surface area contributed by atoms with Crippen molar-refractivity contribution in [3.8, 4) is 0 Å². The summed E-state index contributed by atoms with van der Waals surface area (Å²) in [4.78, 5) is 23.5. The first-order valence-corrected chi connectivity index (χ1v) is 6.96. The van der Waals surface area contributed by atoms with Gasteiger partial charge in [0.05, 0.1) is 5.56 Å². The summed E-state index contributed by atoms with van der Waals surface area (Å²) in [5.74, 6) is -0.570. The fourth-order valence-electron chi connectivity index (χ4n) is 2.05. The van der Waals surface area contributed by atoms with Crippen molar-refractivity contribution in [1.29, 1.82) is 0 Å². The lowest BCUT2D eigenvalue weighted by atomic mass is 10.1. The van der Waals surface area contributed by atoms with Crippen LogP contribution >= 0.6 is 0 Å². The SMILES string of the molecule is CCc1cccc(NC(=O)Cn2cc(C(F)(F)F)ccc2=O)c1. The highest BCUT2D eigenvalue weighted by molar-refractivity contribution is 5.90. The lowest BCUT2D eigenvalue weighted by Gasteiger charge is -2.11. The lowest BCUT2D eigenvalue weighted by molar-refractivity contribution is -0.138. The van der Waals surface area contributed by atoms with E-state index in [1.165, 1.54) is 0 Å². The number of nitrogens with one attached hydrogen (secondary N) is 1. The highest BCUT2D eigenvalue weighted by atomic mass is 19.4. The van der Waals surface area contributed by atoms with Gasteiger partial charge in [0.2, 0.25) is 5.91 Å². The zero-order valence-corrected chi connectivity index (χ0v) is 12.4. The van der Waals surface area contributed by atoms with Crippen molar-refractivity contribution in [3.05, 3.63) is 64.1 Å². The quantitative estimate of drug-likeness (QED) is 0.940. The molecule has 0 bridgehead atoms. The summed E-state index contributed by atoms with van der Waals surface area (Å²) in [6.07, 6.45) is -3.14. The molecule has 0 saturated heterocycles. The number of anilines is 1. The number of pyridine rings is 1. The number of carbonyl (C=O) groups excluding carboxylic acids is 1. The third-order valence-corrected chi connectivity index (χ3v) is 3.24. The molecule has 0 aliphatic carbocycles. The summed E-state index contributed by atoms with van der Waals surface area (Å²) in [5.41, 5.74) is -0.0956. The maximum atomic E-state index is 12.7. The van der Waals surface area contributed by atoms with Crippen LogP contribution in [0, 0.1) is 0 Å². The van der Waals surface area contributed by atoms with Crippen LogP contribution < -0.4 is 10.9 Å². The molecule has 2 rings (SSSR count). The Morgan fingerprint density at radius 2 is 1.96 bits per heavy atom. The number of benzene rings is 1. The second-order valence-corrected chi connectivity index (χ2v) is 4.98. The van der Waals surface area contributed by atoms with E-state index in [9.17, 15) is 22.8 Å². The van der Waals surface area contributed by atoms with Crippen LogP contribution in [0.3, 0.4) is 0 Å². The summed E-state index contributed by atoms with van der Waals surface area (Å²) < 4.78 is 38.7. The zero-order valence-electron chi connectivity index (χ0n) is 12.4. The van der Waals surface area contributed by atoms with E-state index in [-0.39, 0.29) is 0 Å². The number of rotatable bonds is 4. The van der Waals surface area contributed by atoms with Gasteiger partial charge in [-0.3, -0.25) is 9.59 Å². The van der Waals surface area contributed by atoms with Gasteiger partial charge >= 0.3 is 6.18 Å². The van der Waals surface area contributed by atoms with Crippen LogP contribution in [0.1, 0.15) is 18.1 Å². The van der Waals surface area contributed by atoms with Crippen molar-refractivity contribution in [2.75, 3.05) is 5.32 Å². The summed E-state index contributed by atoms with van der Waals surface area (Å²) in [7, 11) is 0. The molecule has 0 aliphatic rings. The molecular formula is C16H15F3N2O2. The fraction of sp³-hybridized carbons (Fsp3) is 0.250. The first kappa shape index (κ1) is 16.8. The highest BCUT2D eigenvalue weighted by Crippen LogP contribution is 2.28. The van der Waals surface area contributed by atoms with Crippen molar-refractivity contribution in [2.24, 2.45) is 0 Å². The number of alkyl halides is 3. The van der Waals surface area contributed by atoms with Crippen molar-refractivity contribution in [2.45, 2.75) is 26.1 Å². The molecule has 122 valence electrons. The Balaban J connectivity index is 2.15. The second kappa shape index (κ2) is 6.68. The molecule has 0 fully saturated rings. The molecule has 23 heavy (non-hydrogen) atoms. The minimum Gasteiger partial charge on any atom is -0.325 e. The van der Waals surface area contributed by atoms with Gasteiger partial charge in [0.15, 0.2) is 0 Å². The molecule has 0 spiro atoms. The predicted octanol–water partition coefficient (Wildman–Crippen LogP) is 3.07. The molecule has 4 nitrogen and oxygen atoms in total. The van der Waals surface area contributed by atoms with Gasteiger partial charge in [0.25, 0.3) is 5.56 Å². The Kier molecular flexibility index (Phi) is 4.88. The Morgan fingerprint density at radius 1 is 1.22 bits per heavy atom. The molecule has 0 aliphatic heterocycles. The fourth-order valence-corrected chi connectivity index (χ4v) is 2.05. The molecule has 0 unspecified atom stereocenters. The van der Waals surface area contributed by atoms with Crippen LogP contribution in [0.4, 0.5) is 18.9 Å². The van der Waals surface area contributed by atoms with Gasteiger partial charge in [-0.2, -0.15) is 13.2 Å². The minimum atomic E-state index is -4.57. The molecule has 0 radical (unpaired) electrons. The first-order valence-electron chi connectivity index (χ1n) is 6.96. The van der Waals surface area contributed by atoms with Gasteiger partial charge in [0, 0.05) is 18.0 Å². The maximum Gasteiger partial charge on any atom is 0.417 e. The van der Waals surface area contributed by atoms with Gasteiger partial charge in [-0.05, 0) is 30.2 Å². The van der Waals surface area contributed by atoms with Gasteiger partial charge in [-0.1, -0.05) is 19.1 Å². The van der Waals surface area contributed by atoms with E-state index in [0.29, 0.717) is 18.0 Å². The number of amides is 1. The number of aryl methyl sites for hydroxylation is 1. The monoisotopic (exact) mass is 324 g/mol. The molecule has 0 atom stereocenters. The smallest absolute Gasteiger partial charge is 0.325 e. The first-order chi connectivity index (χ1) is 10.8. The van der Waals surface area contributed by atoms with E-state index in [0.717, 1.165) is 22.6 Å². The van der Waals surface area contributed by atoms with Gasteiger partial charge in [0.1, 0.15) is 6.54 Å². The van der Waals surface area contributed by atoms with E-state index in [1.54, 1.807) is 18.2 Å². The van der Waals surface area contributed by atoms with E-state index in [1.807, 2.05) is 13.0 Å². The molecule has 2 aromatic rings. The topological polar surface area (TPSA) is 51.1 Å². The number of halogens is 3. The molecule has 7 heteroatoms. The number of nitrogens with zero attached hydrogens (tertiary/aromatic N) is 1. The number of carbonyl (C=O) groups is 1. The van der Waals surface area contributed by atoms with Crippen molar-refractivity contribution >= 4 is 11.6 Å². The summed E-state index contributed by atoms with van der Waals surface area (Å²) in [5, 5.41) is 2.57. The molecule has 1 aromatic heterocycles. The van der Waals surface area contributed by atoms with E-state index < -0.39 is 29.8 Å². The molecule has 0 saturated carbocycles. The summed E-state index contributed by atoms with van der Waals surface area (Å²) in [6.45, 7) is 1.47. The average Bonchev–Trinajstić information content (AvgIpc) is 2.48. The van der Waals surface area contributed by atoms with Crippen molar-refractivity contribution in [1.82, 2.24) is 4.57 Å². The molecule has 1 heterocycles. The lowest BCUT2D eigenvalue weighted by Crippen LogP contribution is -2.28. The van der Waals surface area contributed by atoms with Gasteiger partial charge in [-0.15, -0.1) is 0 Å². The summed E-state index contributed by atoms with van der Waals surface area (Å²) >= 11 is 0. The van der Waals surface area contributed by atoms with Crippen molar-refractivity contribution < 1.29 is 18.0 Å². The second-order valence-electron chi connectivity index (χ2n) is 4.98. The van der Waals surface area contributed by atoms with Crippen LogP contribution in [-0.4, -0.2) is 10.5 Å². The predicted molar refractivity (Wildman–Crippen MR) is 80.2 cm³/mol. The number of aromatic nitrogens is 1. The van der Waals surface area contributed by atoms with E-state index in [2.05, 4.69) is 5.32 Å². The normalized spacial score (nSPS) is 11.3. The molecular weight excluding hydrogens is 309 g/mol. The largest absolute Gasteiger partial charge is 0.417 e. The Hall–Kier alpha value is -2.57. The Morgan fingerprint density at radius 3 is 2.61 bits per heavy atom. The van der Waals surface area contributed by atoms with Crippen LogP contribution in [0.2, 0.25) is 0 Å². The van der Waals surface area contributed by atoms with Crippen LogP contribution in [0.15, 0.2) is 47.4 Å². The third-order valence-electron chi connectivity index (χ3n) is 3.24.